The quantitative estimate of drug-likeness (QED) is 0.870. The van der Waals surface area contributed by atoms with E-state index in [1.165, 1.54) is 38.2 Å². The summed E-state index contributed by atoms with van der Waals surface area (Å²) in [6, 6.07) is 5.27. The molecular weight excluding hydrogens is 322 g/mol. The number of nitrogens with one attached hydrogen (secondary N) is 1. The van der Waals surface area contributed by atoms with E-state index in [2.05, 4.69) is 10.2 Å². The highest BCUT2D eigenvalue weighted by atomic mass is 35.5. The van der Waals surface area contributed by atoms with Gasteiger partial charge in [-0.15, -0.1) is 12.4 Å². The van der Waals surface area contributed by atoms with Crippen LogP contribution < -0.4 is 5.32 Å². The predicted octanol–water partition coefficient (Wildman–Crippen LogP) is 4.43. The molecule has 2 aliphatic rings. The zero-order chi connectivity index (χ0) is 14.7. The summed E-state index contributed by atoms with van der Waals surface area (Å²) in [6.45, 7) is 4.16. The third kappa shape index (κ3) is 4.14. The second kappa shape index (κ2) is 8.49. The van der Waals surface area contributed by atoms with Crippen LogP contribution in [0.3, 0.4) is 0 Å². The van der Waals surface area contributed by atoms with Crippen LogP contribution in [0.1, 0.15) is 43.7 Å². The van der Waals surface area contributed by atoms with Crippen molar-refractivity contribution in [3.05, 3.63) is 34.6 Å². The van der Waals surface area contributed by atoms with Crippen molar-refractivity contribution in [2.45, 2.75) is 38.1 Å². The number of hydrogen-bond donors (Lipinski definition) is 1. The Morgan fingerprint density at radius 1 is 1.14 bits per heavy atom. The molecule has 1 N–H and O–H groups in total. The van der Waals surface area contributed by atoms with Crippen LogP contribution in [0.4, 0.5) is 4.39 Å². The van der Waals surface area contributed by atoms with E-state index in [0.717, 1.165) is 31.7 Å². The minimum absolute atomic E-state index is 0. The molecule has 0 unspecified atom stereocenters. The van der Waals surface area contributed by atoms with Gasteiger partial charge in [-0.3, -0.25) is 4.90 Å². The van der Waals surface area contributed by atoms with Gasteiger partial charge < -0.3 is 5.32 Å². The van der Waals surface area contributed by atoms with Crippen LogP contribution in [0.25, 0.3) is 0 Å². The third-order valence-electron chi connectivity index (χ3n) is 4.92. The first-order valence-electron chi connectivity index (χ1n) is 8.15. The largest absolute Gasteiger partial charge is 0.314 e. The molecule has 124 valence electrons. The first-order chi connectivity index (χ1) is 10.3. The minimum atomic E-state index is -0.244. The summed E-state index contributed by atoms with van der Waals surface area (Å²) in [5, 5.41) is 4.00. The summed E-state index contributed by atoms with van der Waals surface area (Å²) >= 11 is 6.38. The maximum absolute atomic E-state index is 13.4. The first kappa shape index (κ1) is 18.0. The van der Waals surface area contributed by atoms with Gasteiger partial charge in [-0.2, -0.15) is 0 Å². The Labute approximate surface area is 143 Å². The second-order valence-electron chi connectivity index (χ2n) is 6.29. The molecule has 0 bridgehead atoms. The zero-order valence-electron chi connectivity index (χ0n) is 12.9. The summed E-state index contributed by atoms with van der Waals surface area (Å²) in [4.78, 5) is 2.55. The number of rotatable bonds is 3. The van der Waals surface area contributed by atoms with E-state index in [4.69, 9.17) is 11.6 Å². The Morgan fingerprint density at radius 3 is 2.45 bits per heavy atom. The van der Waals surface area contributed by atoms with Gasteiger partial charge in [0.25, 0.3) is 0 Å². The Hall–Kier alpha value is -0.350. The van der Waals surface area contributed by atoms with Gasteiger partial charge in [-0.25, -0.2) is 4.39 Å². The molecule has 1 aromatic carbocycles. The Kier molecular flexibility index (Phi) is 6.94. The first-order valence-corrected chi connectivity index (χ1v) is 8.53. The number of benzene rings is 1. The van der Waals surface area contributed by atoms with Gasteiger partial charge in [-0.05, 0) is 36.5 Å². The number of nitrogens with zero attached hydrogens (tertiary/aromatic N) is 1. The summed E-state index contributed by atoms with van der Waals surface area (Å²) in [5.74, 6) is 0.409. The van der Waals surface area contributed by atoms with Crippen LogP contribution in [0.15, 0.2) is 18.2 Å². The maximum Gasteiger partial charge on any atom is 0.124 e. The van der Waals surface area contributed by atoms with Crippen molar-refractivity contribution in [1.82, 2.24) is 10.2 Å². The molecule has 1 heterocycles. The molecule has 3 rings (SSSR count). The lowest BCUT2D eigenvalue weighted by atomic mass is 9.80. The monoisotopic (exact) mass is 346 g/mol. The van der Waals surface area contributed by atoms with Crippen molar-refractivity contribution >= 4 is 24.0 Å². The van der Waals surface area contributed by atoms with Crippen LogP contribution in [0.2, 0.25) is 5.02 Å². The zero-order valence-corrected chi connectivity index (χ0v) is 14.4. The van der Waals surface area contributed by atoms with Crippen LogP contribution in [0.5, 0.6) is 0 Å². The van der Waals surface area contributed by atoms with Crippen molar-refractivity contribution in [2.75, 3.05) is 26.2 Å². The van der Waals surface area contributed by atoms with E-state index in [1.54, 1.807) is 6.07 Å². The fourth-order valence-corrected chi connectivity index (χ4v) is 4.18. The average Bonchev–Trinajstić information content (AvgIpc) is 2.52. The average molecular weight is 347 g/mol. The molecule has 1 saturated heterocycles. The smallest absolute Gasteiger partial charge is 0.124 e. The Bertz CT molecular complexity index is 454. The van der Waals surface area contributed by atoms with E-state index in [-0.39, 0.29) is 18.2 Å². The van der Waals surface area contributed by atoms with Gasteiger partial charge in [0.2, 0.25) is 0 Å². The Morgan fingerprint density at radius 2 is 1.82 bits per heavy atom. The van der Waals surface area contributed by atoms with Crippen LogP contribution in [0, 0.1) is 11.7 Å². The Balaban J connectivity index is 0.00000176. The number of piperazine rings is 1. The van der Waals surface area contributed by atoms with E-state index >= 15 is 0 Å². The second-order valence-corrected chi connectivity index (χ2v) is 6.70. The SMILES string of the molecule is Cl.Fc1ccc([C@@H](C2CCCCC2)N2CCNCC2)c(Cl)c1. The molecule has 22 heavy (non-hydrogen) atoms. The molecule has 2 fully saturated rings. The van der Waals surface area contributed by atoms with Crippen molar-refractivity contribution < 1.29 is 4.39 Å². The standard InChI is InChI=1S/C17H24ClFN2.ClH/c18-16-12-14(19)6-7-15(16)17(13-4-2-1-3-5-13)21-10-8-20-9-11-21;/h6-7,12-13,17,20H,1-5,8-11H2;1H/t17-;/m1./s1. The van der Waals surface area contributed by atoms with E-state index in [9.17, 15) is 4.39 Å². The lowest BCUT2D eigenvalue weighted by molar-refractivity contribution is 0.103. The van der Waals surface area contributed by atoms with Gasteiger partial charge in [0, 0.05) is 37.2 Å². The van der Waals surface area contributed by atoms with E-state index in [0.29, 0.717) is 17.0 Å². The molecule has 0 aromatic heterocycles. The van der Waals surface area contributed by atoms with Gasteiger partial charge in [-0.1, -0.05) is 36.9 Å². The van der Waals surface area contributed by atoms with Crippen LogP contribution in [-0.4, -0.2) is 31.1 Å². The fraction of sp³-hybridized carbons (Fsp3) is 0.647. The maximum atomic E-state index is 13.4. The molecule has 1 saturated carbocycles. The molecule has 0 spiro atoms. The predicted molar refractivity (Wildman–Crippen MR) is 92.4 cm³/mol. The van der Waals surface area contributed by atoms with Crippen LogP contribution in [-0.2, 0) is 0 Å². The molecule has 0 amide bonds. The van der Waals surface area contributed by atoms with Crippen molar-refractivity contribution in [1.29, 1.82) is 0 Å². The van der Waals surface area contributed by atoms with Gasteiger partial charge in [0.1, 0.15) is 5.82 Å². The normalized spacial score (nSPS) is 22.1. The molecule has 0 radical (unpaired) electrons. The third-order valence-corrected chi connectivity index (χ3v) is 5.25. The van der Waals surface area contributed by atoms with Crippen molar-refractivity contribution in [3.63, 3.8) is 0 Å². The number of halogens is 3. The lowest BCUT2D eigenvalue weighted by Gasteiger charge is -2.41. The highest BCUT2D eigenvalue weighted by Gasteiger charge is 2.32. The summed E-state index contributed by atoms with van der Waals surface area (Å²) in [6.07, 6.45) is 6.50. The van der Waals surface area contributed by atoms with Crippen LogP contribution >= 0.6 is 24.0 Å². The molecule has 1 atom stereocenters. The van der Waals surface area contributed by atoms with E-state index < -0.39 is 0 Å². The summed E-state index contributed by atoms with van der Waals surface area (Å²) in [7, 11) is 0. The lowest BCUT2D eigenvalue weighted by Crippen LogP contribution is -2.47. The molecular formula is C17H25Cl2FN2. The molecule has 1 aromatic rings. The fourth-order valence-electron chi connectivity index (χ4n) is 3.90. The van der Waals surface area contributed by atoms with Gasteiger partial charge in [0.15, 0.2) is 0 Å². The summed E-state index contributed by atoms with van der Waals surface area (Å²) < 4.78 is 13.4. The highest BCUT2D eigenvalue weighted by Crippen LogP contribution is 2.41. The van der Waals surface area contributed by atoms with Crippen molar-refractivity contribution in [2.24, 2.45) is 5.92 Å². The molecule has 5 heteroatoms. The molecule has 2 nitrogen and oxygen atoms in total. The van der Waals surface area contributed by atoms with Gasteiger partial charge >= 0.3 is 0 Å². The van der Waals surface area contributed by atoms with E-state index in [1.807, 2.05) is 6.07 Å². The van der Waals surface area contributed by atoms with Crippen molar-refractivity contribution in [3.8, 4) is 0 Å². The summed E-state index contributed by atoms with van der Waals surface area (Å²) in [5.41, 5.74) is 1.12. The number of hydrogen-bond acceptors (Lipinski definition) is 2. The molecule has 1 aliphatic heterocycles. The topological polar surface area (TPSA) is 15.3 Å². The minimum Gasteiger partial charge on any atom is -0.314 e. The molecule has 1 aliphatic carbocycles. The van der Waals surface area contributed by atoms with Gasteiger partial charge in [0.05, 0.1) is 0 Å². The highest BCUT2D eigenvalue weighted by molar-refractivity contribution is 6.31.